The number of nitrogens with zero attached hydrogens (tertiary/aromatic N) is 1. The van der Waals surface area contributed by atoms with Gasteiger partial charge in [-0.15, -0.1) is 11.8 Å². The molecule has 1 aromatic rings. The lowest BCUT2D eigenvalue weighted by Gasteiger charge is -2.25. The molecule has 0 radical (unpaired) electrons. The number of hydrogen-bond donors (Lipinski definition) is 1. The predicted octanol–water partition coefficient (Wildman–Crippen LogP) is 2.89. The molecule has 5 heteroatoms. The largest absolute Gasteiger partial charge is 0.334 e. The second kappa shape index (κ2) is 6.64. The summed E-state index contributed by atoms with van der Waals surface area (Å²) in [7, 11) is 1.92. The van der Waals surface area contributed by atoms with Crippen molar-refractivity contribution >= 4 is 29.3 Å². The van der Waals surface area contributed by atoms with Gasteiger partial charge in [0.05, 0.1) is 10.6 Å². The molecule has 0 aliphatic carbocycles. The van der Waals surface area contributed by atoms with Crippen molar-refractivity contribution in [3.63, 3.8) is 0 Å². The van der Waals surface area contributed by atoms with E-state index < -0.39 is 0 Å². The van der Waals surface area contributed by atoms with E-state index >= 15 is 0 Å². The molecule has 1 aliphatic rings. The van der Waals surface area contributed by atoms with Gasteiger partial charge < -0.3 is 10.2 Å². The number of carbonyl (C=O) groups excluding carboxylic acids is 1. The number of likely N-dealkylation sites (N-methyl/N-ethyl adjacent to an activating group) is 1. The summed E-state index contributed by atoms with van der Waals surface area (Å²) in [5.41, 5.74) is 0.622. The molecule has 1 fully saturated rings. The molecule has 0 aromatic heterocycles. The summed E-state index contributed by atoms with van der Waals surface area (Å²) in [6, 6.07) is 5.93. The van der Waals surface area contributed by atoms with Crippen LogP contribution in [0.1, 0.15) is 23.2 Å². The number of thioether (sulfide) groups is 1. The molecule has 0 bridgehead atoms. The van der Waals surface area contributed by atoms with Crippen molar-refractivity contribution in [3.8, 4) is 0 Å². The van der Waals surface area contributed by atoms with E-state index in [0.717, 1.165) is 30.8 Å². The molecule has 1 unspecified atom stereocenters. The van der Waals surface area contributed by atoms with Crippen LogP contribution in [0.2, 0.25) is 5.02 Å². The van der Waals surface area contributed by atoms with Crippen LogP contribution in [0.3, 0.4) is 0 Å². The van der Waals surface area contributed by atoms with Crippen LogP contribution < -0.4 is 5.32 Å². The Hall–Kier alpha value is -0.710. The van der Waals surface area contributed by atoms with Crippen molar-refractivity contribution in [1.29, 1.82) is 0 Å². The number of rotatable bonds is 4. The summed E-state index contributed by atoms with van der Waals surface area (Å²) < 4.78 is 0. The van der Waals surface area contributed by atoms with Gasteiger partial charge in [-0.1, -0.05) is 11.6 Å². The van der Waals surface area contributed by atoms with Crippen molar-refractivity contribution in [3.05, 3.63) is 28.8 Å². The van der Waals surface area contributed by atoms with Gasteiger partial charge in [0.2, 0.25) is 0 Å². The van der Waals surface area contributed by atoms with E-state index in [4.69, 9.17) is 11.6 Å². The Kier molecular flexibility index (Phi) is 5.13. The molecule has 0 saturated carbocycles. The van der Waals surface area contributed by atoms with E-state index in [-0.39, 0.29) is 11.9 Å². The molecule has 1 aromatic carbocycles. The second-order valence-electron chi connectivity index (χ2n) is 4.70. The maximum Gasteiger partial charge on any atom is 0.255 e. The summed E-state index contributed by atoms with van der Waals surface area (Å²) in [5.74, 6) is 0.0543. The molecule has 1 aliphatic heterocycles. The smallest absolute Gasteiger partial charge is 0.255 e. The lowest BCUT2D eigenvalue weighted by Crippen LogP contribution is -2.40. The maximum absolute atomic E-state index is 12.6. The van der Waals surface area contributed by atoms with Crippen LogP contribution in [0.4, 0.5) is 0 Å². The lowest BCUT2D eigenvalue weighted by atomic mass is 10.1. The molecule has 1 amide bonds. The van der Waals surface area contributed by atoms with Crippen molar-refractivity contribution in [2.24, 2.45) is 0 Å². The summed E-state index contributed by atoms with van der Waals surface area (Å²) >= 11 is 7.80. The Morgan fingerprint density at radius 1 is 1.58 bits per heavy atom. The van der Waals surface area contributed by atoms with Crippen LogP contribution in [0, 0.1) is 0 Å². The van der Waals surface area contributed by atoms with Crippen LogP contribution in [-0.4, -0.2) is 43.2 Å². The Morgan fingerprint density at radius 3 is 3.05 bits per heavy atom. The highest BCUT2D eigenvalue weighted by molar-refractivity contribution is 7.98. The van der Waals surface area contributed by atoms with Crippen LogP contribution in [0.5, 0.6) is 0 Å². The summed E-state index contributed by atoms with van der Waals surface area (Å²) in [5, 5.41) is 3.69. The van der Waals surface area contributed by atoms with Crippen LogP contribution in [-0.2, 0) is 0 Å². The molecular formula is C14H19ClN2OS. The van der Waals surface area contributed by atoms with E-state index in [1.807, 2.05) is 36.4 Å². The molecule has 1 N–H and O–H groups in total. The van der Waals surface area contributed by atoms with Gasteiger partial charge >= 0.3 is 0 Å². The second-order valence-corrected chi connectivity index (χ2v) is 5.98. The molecule has 1 atom stereocenters. The standard InChI is InChI=1S/C14H19ClN2OS/c1-16-9-10-4-3-7-17(10)14(18)12-8-11(19-2)5-6-13(12)15/h5-6,8,10,16H,3-4,7,9H2,1-2H3. The van der Waals surface area contributed by atoms with Crippen LogP contribution >= 0.6 is 23.4 Å². The first kappa shape index (κ1) is 14.7. The lowest BCUT2D eigenvalue weighted by molar-refractivity contribution is 0.0737. The van der Waals surface area contributed by atoms with Crippen molar-refractivity contribution in [2.45, 2.75) is 23.8 Å². The number of halogens is 1. The Labute approximate surface area is 123 Å². The van der Waals surface area contributed by atoms with Crippen molar-refractivity contribution in [1.82, 2.24) is 10.2 Å². The normalized spacial score (nSPS) is 18.9. The molecule has 0 spiro atoms. The monoisotopic (exact) mass is 298 g/mol. The minimum absolute atomic E-state index is 0.0543. The van der Waals surface area contributed by atoms with E-state index in [1.54, 1.807) is 11.8 Å². The van der Waals surface area contributed by atoms with E-state index in [1.165, 1.54) is 0 Å². The third-order valence-corrected chi connectivity index (χ3v) is 4.54. The zero-order chi connectivity index (χ0) is 13.8. The Morgan fingerprint density at radius 2 is 2.37 bits per heavy atom. The van der Waals surface area contributed by atoms with Gasteiger partial charge in [0, 0.05) is 24.0 Å². The van der Waals surface area contributed by atoms with E-state index in [2.05, 4.69) is 5.32 Å². The topological polar surface area (TPSA) is 32.3 Å². The number of hydrogen-bond acceptors (Lipinski definition) is 3. The molecule has 104 valence electrons. The average molecular weight is 299 g/mol. The minimum atomic E-state index is 0.0543. The molecule has 3 nitrogen and oxygen atoms in total. The summed E-state index contributed by atoms with van der Waals surface area (Å²) in [6.45, 7) is 1.66. The minimum Gasteiger partial charge on any atom is -0.334 e. The van der Waals surface area contributed by atoms with Crippen molar-refractivity contribution < 1.29 is 4.79 Å². The van der Waals surface area contributed by atoms with Crippen molar-refractivity contribution in [2.75, 3.05) is 26.4 Å². The zero-order valence-electron chi connectivity index (χ0n) is 11.3. The number of carbonyl (C=O) groups is 1. The first-order valence-electron chi connectivity index (χ1n) is 6.46. The Bertz CT molecular complexity index is 467. The van der Waals surface area contributed by atoms with E-state index in [0.29, 0.717) is 10.6 Å². The van der Waals surface area contributed by atoms with E-state index in [9.17, 15) is 4.79 Å². The first-order chi connectivity index (χ1) is 9.17. The zero-order valence-corrected chi connectivity index (χ0v) is 12.9. The quantitative estimate of drug-likeness (QED) is 0.868. The third kappa shape index (κ3) is 3.25. The molecule has 1 saturated heterocycles. The highest BCUT2D eigenvalue weighted by atomic mass is 35.5. The fraction of sp³-hybridized carbons (Fsp3) is 0.500. The van der Waals surface area contributed by atoms with Crippen LogP contribution in [0.25, 0.3) is 0 Å². The number of benzene rings is 1. The summed E-state index contributed by atoms with van der Waals surface area (Å²) in [6.07, 6.45) is 4.13. The fourth-order valence-electron chi connectivity index (χ4n) is 2.50. The highest BCUT2D eigenvalue weighted by Crippen LogP contribution is 2.27. The van der Waals surface area contributed by atoms with Crippen LogP contribution in [0.15, 0.2) is 23.1 Å². The highest BCUT2D eigenvalue weighted by Gasteiger charge is 2.29. The Balaban J connectivity index is 2.23. The van der Waals surface area contributed by atoms with Gasteiger partial charge in [0.1, 0.15) is 0 Å². The number of amides is 1. The maximum atomic E-state index is 12.6. The number of likely N-dealkylation sites (tertiary alicyclic amines) is 1. The molecule has 1 heterocycles. The van der Waals surface area contributed by atoms with Gasteiger partial charge in [-0.3, -0.25) is 4.79 Å². The fourth-order valence-corrected chi connectivity index (χ4v) is 3.14. The summed E-state index contributed by atoms with van der Waals surface area (Å²) in [4.78, 5) is 15.6. The SMILES string of the molecule is CNCC1CCCN1C(=O)c1cc(SC)ccc1Cl. The third-order valence-electron chi connectivity index (χ3n) is 3.48. The number of nitrogens with one attached hydrogen (secondary N) is 1. The van der Waals surface area contributed by atoms with Gasteiger partial charge in [-0.2, -0.15) is 0 Å². The predicted molar refractivity (Wildman–Crippen MR) is 81.2 cm³/mol. The van der Waals surface area contributed by atoms with Gasteiger partial charge in [0.25, 0.3) is 5.91 Å². The van der Waals surface area contributed by atoms with Gasteiger partial charge in [-0.05, 0) is 44.3 Å². The van der Waals surface area contributed by atoms with Gasteiger partial charge in [-0.25, -0.2) is 0 Å². The molecule has 2 rings (SSSR count). The first-order valence-corrected chi connectivity index (χ1v) is 8.06. The molecular weight excluding hydrogens is 280 g/mol. The molecule has 19 heavy (non-hydrogen) atoms. The average Bonchev–Trinajstić information content (AvgIpc) is 2.87. The van der Waals surface area contributed by atoms with Gasteiger partial charge in [0.15, 0.2) is 0 Å².